The van der Waals surface area contributed by atoms with Crippen molar-refractivity contribution in [2.24, 2.45) is 0 Å². The van der Waals surface area contributed by atoms with Gasteiger partial charge in [0.25, 0.3) is 0 Å². The van der Waals surface area contributed by atoms with Crippen molar-refractivity contribution < 1.29 is 0 Å². The molecule has 0 saturated heterocycles. The number of para-hydroxylation sites is 1. The molecule has 0 fully saturated rings. The van der Waals surface area contributed by atoms with E-state index in [1.165, 1.54) is 0 Å². The topological polar surface area (TPSA) is 62.9 Å². The van der Waals surface area contributed by atoms with Crippen LogP contribution in [0.15, 0.2) is 24.3 Å². The summed E-state index contributed by atoms with van der Waals surface area (Å²) in [5.41, 5.74) is 2.07. The van der Waals surface area contributed by atoms with E-state index in [4.69, 9.17) is 10.5 Å². The Balaban J connectivity index is 3.06. The highest BCUT2D eigenvalue weighted by Crippen LogP contribution is 2.25. The summed E-state index contributed by atoms with van der Waals surface area (Å²) in [6.45, 7) is 5.47. The molecule has 0 heterocycles. The van der Waals surface area contributed by atoms with E-state index < -0.39 is 0 Å². The molecule has 0 spiro atoms. The number of hydrogen-bond donors (Lipinski definition) is 1. The lowest BCUT2D eigenvalue weighted by Gasteiger charge is -2.24. The normalized spacial score (nSPS) is 11.3. The first kappa shape index (κ1) is 14.0. The molecule has 1 rings (SSSR count). The highest BCUT2D eigenvalue weighted by Gasteiger charge is 2.14. The predicted octanol–water partition coefficient (Wildman–Crippen LogP) is 2.21. The molecule has 0 bridgehead atoms. The average molecular weight is 242 g/mol. The minimum absolute atomic E-state index is 0.200. The van der Waals surface area contributed by atoms with E-state index in [2.05, 4.69) is 31.3 Å². The Labute approximate surface area is 108 Å². The SMILES string of the molecule is CCNC(C)c1ccccc1N(CC#N)CC#N. The summed E-state index contributed by atoms with van der Waals surface area (Å²) in [5, 5.41) is 21.0. The zero-order chi connectivity index (χ0) is 13.4. The average Bonchev–Trinajstić information content (AvgIpc) is 2.39. The minimum atomic E-state index is 0.200. The summed E-state index contributed by atoms with van der Waals surface area (Å²) in [5.74, 6) is 0. The van der Waals surface area contributed by atoms with Gasteiger partial charge < -0.3 is 10.2 Å². The molecule has 1 N–H and O–H groups in total. The number of anilines is 1. The second-order valence-electron chi connectivity index (χ2n) is 4.01. The van der Waals surface area contributed by atoms with E-state index in [1.54, 1.807) is 4.90 Å². The summed E-state index contributed by atoms with van der Waals surface area (Å²) in [6, 6.07) is 12.3. The van der Waals surface area contributed by atoms with Gasteiger partial charge in [0.2, 0.25) is 0 Å². The van der Waals surface area contributed by atoms with Gasteiger partial charge in [-0.2, -0.15) is 10.5 Å². The molecule has 0 aliphatic heterocycles. The monoisotopic (exact) mass is 242 g/mol. The Bertz CT molecular complexity index is 440. The number of hydrogen-bond acceptors (Lipinski definition) is 4. The second-order valence-corrected chi connectivity index (χ2v) is 4.01. The lowest BCUT2D eigenvalue weighted by atomic mass is 10.0. The molecule has 0 aromatic heterocycles. The molecule has 18 heavy (non-hydrogen) atoms. The van der Waals surface area contributed by atoms with Crippen molar-refractivity contribution in [2.45, 2.75) is 19.9 Å². The summed E-state index contributed by atoms with van der Waals surface area (Å²) in [6.07, 6.45) is 0. The van der Waals surface area contributed by atoms with Gasteiger partial charge in [0.1, 0.15) is 13.1 Å². The first-order valence-corrected chi connectivity index (χ1v) is 6.05. The van der Waals surface area contributed by atoms with Gasteiger partial charge in [-0.1, -0.05) is 25.1 Å². The number of benzene rings is 1. The van der Waals surface area contributed by atoms with Gasteiger partial charge in [-0.3, -0.25) is 0 Å². The fraction of sp³-hybridized carbons (Fsp3) is 0.429. The van der Waals surface area contributed by atoms with Crippen molar-refractivity contribution in [3.63, 3.8) is 0 Å². The highest BCUT2D eigenvalue weighted by molar-refractivity contribution is 5.56. The summed E-state index contributed by atoms with van der Waals surface area (Å²) in [4.78, 5) is 1.79. The van der Waals surface area contributed by atoms with Crippen molar-refractivity contribution in [3.05, 3.63) is 29.8 Å². The molecule has 4 heteroatoms. The molecule has 0 radical (unpaired) electrons. The van der Waals surface area contributed by atoms with Crippen LogP contribution in [-0.2, 0) is 0 Å². The maximum Gasteiger partial charge on any atom is 0.106 e. The molecule has 94 valence electrons. The lowest BCUT2D eigenvalue weighted by Crippen LogP contribution is -2.27. The molecule has 0 saturated carbocycles. The van der Waals surface area contributed by atoms with Crippen LogP contribution < -0.4 is 10.2 Å². The Hall–Kier alpha value is -2.04. The van der Waals surface area contributed by atoms with Gasteiger partial charge in [0.15, 0.2) is 0 Å². The smallest absolute Gasteiger partial charge is 0.106 e. The van der Waals surface area contributed by atoms with E-state index in [0.717, 1.165) is 17.8 Å². The second kappa shape index (κ2) is 7.32. The van der Waals surface area contributed by atoms with Gasteiger partial charge >= 0.3 is 0 Å². The van der Waals surface area contributed by atoms with Crippen molar-refractivity contribution in [1.29, 1.82) is 10.5 Å². The molecular formula is C14H18N4. The highest BCUT2D eigenvalue weighted by atomic mass is 15.1. The van der Waals surface area contributed by atoms with Crippen LogP contribution in [0.3, 0.4) is 0 Å². The number of nitrogens with one attached hydrogen (secondary N) is 1. The van der Waals surface area contributed by atoms with Crippen LogP contribution in [0.5, 0.6) is 0 Å². The van der Waals surface area contributed by atoms with E-state index >= 15 is 0 Å². The van der Waals surface area contributed by atoms with Gasteiger partial charge in [-0.05, 0) is 25.1 Å². The zero-order valence-corrected chi connectivity index (χ0v) is 10.8. The third-order valence-corrected chi connectivity index (χ3v) is 2.78. The van der Waals surface area contributed by atoms with Gasteiger partial charge in [-0.25, -0.2) is 0 Å². The standard InChI is InChI=1S/C14H18N4/c1-3-17-12(2)13-6-4-5-7-14(13)18(10-8-15)11-9-16/h4-7,12,17H,3,10-11H2,1-2H3. The molecule has 1 aromatic carbocycles. The first-order valence-electron chi connectivity index (χ1n) is 6.05. The number of nitriles is 2. The van der Waals surface area contributed by atoms with Gasteiger partial charge in [-0.15, -0.1) is 0 Å². The van der Waals surface area contributed by atoms with E-state index in [9.17, 15) is 0 Å². The first-order chi connectivity index (χ1) is 8.74. The van der Waals surface area contributed by atoms with Gasteiger partial charge in [0, 0.05) is 11.7 Å². The Morgan fingerprint density at radius 2 is 1.83 bits per heavy atom. The molecule has 0 aliphatic carbocycles. The fourth-order valence-electron chi connectivity index (χ4n) is 1.95. The van der Waals surface area contributed by atoms with Crippen LogP contribution >= 0.6 is 0 Å². The molecule has 1 aromatic rings. The zero-order valence-electron chi connectivity index (χ0n) is 10.8. The lowest BCUT2D eigenvalue weighted by molar-refractivity contribution is 0.597. The predicted molar refractivity (Wildman–Crippen MR) is 72.0 cm³/mol. The fourth-order valence-corrected chi connectivity index (χ4v) is 1.95. The van der Waals surface area contributed by atoms with Crippen LogP contribution in [0.4, 0.5) is 5.69 Å². The van der Waals surface area contributed by atoms with Crippen LogP contribution in [-0.4, -0.2) is 19.6 Å². The molecule has 0 amide bonds. The summed E-state index contributed by atoms with van der Waals surface area (Å²) < 4.78 is 0. The van der Waals surface area contributed by atoms with E-state index in [-0.39, 0.29) is 19.1 Å². The van der Waals surface area contributed by atoms with E-state index in [0.29, 0.717) is 0 Å². The molecule has 4 nitrogen and oxygen atoms in total. The van der Waals surface area contributed by atoms with Crippen LogP contribution in [0.1, 0.15) is 25.5 Å². The third-order valence-electron chi connectivity index (χ3n) is 2.78. The maximum absolute atomic E-state index is 8.84. The van der Waals surface area contributed by atoms with Crippen molar-refractivity contribution in [1.82, 2.24) is 5.32 Å². The van der Waals surface area contributed by atoms with Crippen LogP contribution in [0.2, 0.25) is 0 Å². The Kier molecular flexibility index (Phi) is 5.70. The van der Waals surface area contributed by atoms with E-state index in [1.807, 2.05) is 24.3 Å². The molecule has 1 atom stereocenters. The van der Waals surface area contributed by atoms with Crippen molar-refractivity contribution in [3.8, 4) is 12.1 Å². The minimum Gasteiger partial charge on any atom is -0.345 e. The van der Waals surface area contributed by atoms with Crippen molar-refractivity contribution in [2.75, 3.05) is 24.5 Å². The third kappa shape index (κ3) is 3.48. The van der Waals surface area contributed by atoms with Crippen molar-refractivity contribution >= 4 is 5.69 Å². The van der Waals surface area contributed by atoms with Crippen LogP contribution in [0.25, 0.3) is 0 Å². The largest absolute Gasteiger partial charge is 0.345 e. The number of rotatable bonds is 6. The summed E-state index contributed by atoms with van der Waals surface area (Å²) in [7, 11) is 0. The summed E-state index contributed by atoms with van der Waals surface area (Å²) >= 11 is 0. The Morgan fingerprint density at radius 1 is 1.22 bits per heavy atom. The number of nitrogens with zero attached hydrogens (tertiary/aromatic N) is 3. The van der Waals surface area contributed by atoms with Gasteiger partial charge in [0.05, 0.1) is 12.1 Å². The quantitative estimate of drug-likeness (QED) is 0.777. The maximum atomic E-state index is 8.84. The van der Waals surface area contributed by atoms with Crippen LogP contribution in [0, 0.1) is 22.7 Å². The Morgan fingerprint density at radius 3 is 2.39 bits per heavy atom. The molecular weight excluding hydrogens is 224 g/mol. The molecule has 1 unspecified atom stereocenters. The molecule has 0 aliphatic rings.